The van der Waals surface area contributed by atoms with E-state index in [1.165, 1.54) is 0 Å². The second kappa shape index (κ2) is 4.92. The first-order valence-electron chi connectivity index (χ1n) is 4.64. The first kappa shape index (κ1) is 10.9. The SMILES string of the molecule is CNC(=O)C1CCCN1CC(=O)NN. The summed E-state index contributed by atoms with van der Waals surface area (Å²) < 4.78 is 0. The van der Waals surface area contributed by atoms with Crippen LogP contribution in [0.3, 0.4) is 0 Å². The minimum absolute atomic E-state index is 0.0349. The lowest BCUT2D eigenvalue weighted by Gasteiger charge is -2.21. The number of hydrazine groups is 1. The fourth-order valence-corrected chi connectivity index (χ4v) is 1.71. The van der Waals surface area contributed by atoms with Gasteiger partial charge < -0.3 is 5.32 Å². The zero-order chi connectivity index (χ0) is 10.6. The Balaban J connectivity index is 2.51. The maximum atomic E-state index is 11.4. The third kappa shape index (κ3) is 2.43. The van der Waals surface area contributed by atoms with Gasteiger partial charge in [0.2, 0.25) is 11.8 Å². The quantitative estimate of drug-likeness (QED) is 0.284. The van der Waals surface area contributed by atoms with Gasteiger partial charge in [-0.2, -0.15) is 0 Å². The summed E-state index contributed by atoms with van der Waals surface area (Å²) in [7, 11) is 1.60. The number of amides is 2. The minimum atomic E-state index is -0.263. The maximum absolute atomic E-state index is 11.4. The van der Waals surface area contributed by atoms with Gasteiger partial charge >= 0.3 is 0 Å². The Kier molecular flexibility index (Phi) is 3.84. The first-order valence-corrected chi connectivity index (χ1v) is 4.64. The molecule has 0 spiro atoms. The fraction of sp³-hybridized carbons (Fsp3) is 0.750. The molecule has 0 aromatic rings. The summed E-state index contributed by atoms with van der Waals surface area (Å²) in [6.45, 7) is 0.958. The van der Waals surface area contributed by atoms with E-state index in [9.17, 15) is 9.59 Å². The Morgan fingerprint density at radius 1 is 1.57 bits per heavy atom. The number of carbonyl (C=O) groups excluding carboxylic acids is 2. The van der Waals surface area contributed by atoms with Gasteiger partial charge in [0.1, 0.15) is 0 Å². The molecule has 1 saturated heterocycles. The van der Waals surface area contributed by atoms with E-state index >= 15 is 0 Å². The molecule has 0 saturated carbocycles. The topological polar surface area (TPSA) is 87.5 Å². The summed E-state index contributed by atoms with van der Waals surface area (Å²) in [6, 6.07) is -0.183. The van der Waals surface area contributed by atoms with E-state index in [0.717, 1.165) is 19.4 Å². The average Bonchev–Trinajstić information content (AvgIpc) is 2.64. The van der Waals surface area contributed by atoms with Crippen LogP contribution in [0.25, 0.3) is 0 Å². The monoisotopic (exact) mass is 200 g/mol. The molecule has 0 aliphatic carbocycles. The van der Waals surface area contributed by atoms with Crippen molar-refractivity contribution >= 4 is 11.8 Å². The number of hydrogen-bond acceptors (Lipinski definition) is 4. The van der Waals surface area contributed by atoms with Crippen molar-refractivity contribution in [3.63, 3.8) is 0 Å². The molecular weight excluding hydrogens is 184 g/mol. The van der Waals surface area contributed by atoms with E-state index in [1.807, 2.05) is 4.90 Å². The lowest BCUT2D eigenvalue weighted by molar-refractivity contribution is -0.127. The predicted molar refractivity (Wildman–Crippen MR) is 51.0 cm³/mol. The highest BCUT2D eigenvalue weighted by Crippen LogP contribution is 2.16. The lowest BCUT2D eigenvalue weighted by Crippen LogP contribution is -2.47. The number of nitrogens with zero attached hydrogens (tertiary/aromatic N) is 1. The van der Waals surface area contributed by atoms with E-state index < -0.39 is 0 Å². The number of likely N-dealkylation sites (N-methyl/N-ethyl adjacent to an activating group) is 1. The van der Waals surface area contributed by atoms with Crippen molar-refractivity contribution in [2.75, 3.05) is 20.1 Å². The van der Waals surface area contributed by atoms with Crippen LogP contribution in [0.2, 0.25) is 0 Å². The summed E-state index contributed by atoms with van der Waals surface area (Å²) in [5, 5.41) is 2.58. The molecule has 14 heavy (non-hydrogen) atoms. The number of likely N-dealkylation sites (tertiary alicyclic amines) is 1. The summed E-state index contributed by atoms with van der Waals surface area (Å²) >= 11 is 0. The molecule has 2 amide bonds. The minimum Gasteiger partial charge on any atom is -0.358 e. The van der Waals surface area contributed by atoms with Crippen LogP contribution in [0.5, 0.6) is 0 Å². The number of nitrogens with one attached hydrogen (secondary N) is 2. The molecule has 0 radical (unpaired) electrons. The van der Waals surface area contributed by atoms with Crippen LogP contribution in [0, 0.1) is 0 Å². The van der Waals surface area contributed by atoms with Crippen molar-refractivity contribution in [2.45, 2.75) is 18.9 Å². The normalized spacial score (nSPS) is 22.0. The van der Waals surface area contributed by atoms with E-state index in [-0.39, 0.29) is 24.4 Å². The summed E-state index contributed by atoms with van der Waals surface area (Å²) in [4.78, 5) is 24.2. The van der Waals surface area contributed by atoms with Crippen LogP contribution in [0.1, 0.15) is 12.8 Å². The Morgan fingerprint density at radius 3 is 2.86 bits per heavy atom. The lowest BCUT2D eigenvalue weighted by atomic mass is 10.2. The Hall–Kier alpha value is -1.14. The maximum Gasteiger partial charge on any atom is 0.248 e. The molecule has 1 rings (SSSR count). The van der Waals surface area contributed by atoms with Gasteiger partial charge in [-0.15, -0.1) is 0 Å². The molecular formula is C8H16N4O2. The first-order chi connectivity index (χ1) is 6.69. The summed E-state index contributed by atoms with van der Waals surface area (Å²) in [6.07, 6.45) is 1.74. The van der Waals surface area contributed by atoms with Crippen LogP contribution in [-0.4, -0.2) is 42.9 Å². The van der Waals surface area contributed by atoms with Gasteiger partial charge in [0.15, 0.2) is 0 Å². The Labute approximate surface area is 82.8 Å². The molecule has 0 aromatic heterocycles. The standard InChI is InChI=1S/C8H16N4O2/c1-10-8(14)6-3-2-4-12(6)5-7(13)11-9/h6H,2-5,9H2,1H3,(H,10,14)(H,11,13). The number of carbonyl (C=O) groups is 2. The smallest absolute Gasteiger partial charge is 0.248 e. The molecule has 0 aromatic carbocycles. The van der Waals surface area contributed by atoms with Gasteiger partial charge in [-0.25, -0.2) is 5.84 Å². The van der Waals surface area contributed by atoms with Crippen molar-refractivity contribution in [1.29, 1.82) is 0 Å². The van der Waals surface area contributed by atoms with Gasteiger partial charge in [-0.05, 0) is 19.4 Å². The van der Waals surface area contributed by atoms with E-state index in [0.29, 0.717) is 0 Å². The van der Waals surface area contributed by atoms with Crippen molar-refractivity contribution in [3.8, 4) is 0 Å². The highest BCUT2D eigenvalue weighted by Gasteiger charge is 2.30. The molecule has 1 heterocycles. The molecule has 1 aliphatic rings. The highest BCUT2D eigenvalue weighted by atomic mass is 16.2. The van der Waals surface area contributed by atoms with Gasteiger partial charge in [-0.3, -0.25) is 19.9 Å². The zero-order valence-electron chi connectivity index (χ0n) is 8.25. The molecule has 6 heteroatoms. The number of rotatable bonds is 3. The highest BCUT2D eigenvalue weighted by molar-refractivity contribution is 5.83. The summed E-state index contributed by atoms with van der Waals surface area (Å²) in [5.41, 5.74) is 2.06. The molecule has 6 nitrogen and oxygen atoms in total. The van der Waals surface area contributed by atoms with Gasteiger partial charge in [0, 0.05) is 7.05 Å². The van der Waals surface area contributed by atoms with Gasteiger partial charge in [-0.1, -0.05) is 0 Å². The number of hydrogen-bond donors (Lipinski definition) is 3. The molecule has 1 aliphatic heterocycles. The molecule has 1 unspecified atom stereocenters. The van der Waals surface area contributed by atoms with Crippen LogP contribution < -0.4 is 16.6 Å². The molecule has 80 valence electrons. The van der Waals surface area contributed by atoms with Crippen molar-refractivity contribution < 1.29 is 9.59 Å². The number of nitrogens with two attached hydrogens (primary N) is 1. The Bertz CT molecular complexity index is 231. The van der Waals surface area contributed by atoms with Crippen LogP contribution >= 0.6 is 0 Å². The second-order valence-corrected chi connectivity index (χ2v) is 3.31. The zero-order valence-corrected chi connectivity index (χ0v) is 8.25. The predicted octanol–water partition coefficient (Wildman–Crippen LogP) is -1.81. The second-order valence-electron chi connectivity index (χ2n) is 3.31. The summed E-state index contributed by atoms with van der Waals surface area (Å²) in [5.74, 6) is 4.68. The van der Waals surface area contributed by atoms with E-state index in [2.05, 4.69) is 10.7 Å². The molecule has 4 N–H and O–H groups in total. The van der Waals surface area contributed by atoms with Crippen LogP contribution in [-0.2, 0) is 9.59 Å². The third-order valence-electron chi connectivity index (χ3n) is 2.42. The van der Waals surface area contributed by atoms with Gasteiger partial charge in [0.25, 0.3) is 0 Å². The average molecular weight is 200 g/mol. The largest absolute Gasteiger partial charge is 0.358 e. The van der Waals surface area contributed by atoms with Crippen molar-refractivity contribution in [1.82, 2.24) is 15.6 Å². The fourth-order valence-electron chi connectivity index (χ4n) is 1.71. The van der Waals surface area contributed by atoms with E-state index in [4.69, 9.17) is 5.84 Å². The van der Waals surface area contributed by atoms with E-state index in [1.54, 1.807) is 7.05 Å². The Morgan fingerprint density at radius 2 is 2.29 bits per heavy atom. The van der Waals surface area contributed by atoms with Crippen molar-refractivity contribution in [2.24, 2.45) is 5.84 Å². The molecule has 1 fully saturated rings. The molecule has 1 atom stereocenters. The van der Waals surface area contributed by atoms with Crippen molar-refractivity contribution in [3.05, 3.63) is 0 Å². The van der Waals surface area contributed by atoms with Gasteiger partial charge in [0.05, 0.1) is 12.6 Å². The molecule has 0 bridgehead atoms. The van der Waals surface area contributed by atoms with Crippen LogP contribution in [0.4, 0.5) is 0 Å². The third-order valence-corrected chi connectivity index (χ3v) is 2.42. The van der Waals surface area contributed by atoms with Crippen LogP contribution in [0.15, 0.2) is 0 Å².